The number of anilines is 1. The second kappa shape index (κ2) is 11.0. The van der Waals surface area contributed by atoms with Crippen molar-refractivity contribution in [1.82, 2.24) is 5.43 Å². The maximum absolute atomic E-state index is 12.3. The summed E-state index contributed by atoms with van der Waals surface area (Å²) in [6, 6.07) is 21.6. The number of halogens is 1. The van der Waals surface area contributed by atoms with Gasteiger partial charge in [0.15, 0.2) is 0 Å². The van der Waals surface area contributed by atoms with Gasteiger partial charge in [0.1, 0.15) is 18.9 Å². The van der Waals surface area contributed by atoms with E-state index in [9.17, 15) is 13.2 Å². The number of rotatable bonds is 9. The fourth-order valence-corrected chi connectivity index (χ4v) is 3.91. The molecule has 0 radical (unpaired) electrons. The third-order valence-corrected chi connectivity index (χ3v) is 5.97. The highest BCUT2D eigenvalue weighted by Gasteiger charge is 2.20. The van der Waals surface area contributed by atoms with Crippen LogP contribution < -0.4 is 14.5 Å². The summed E-state index contributed by atoms with van der Waals surface area (Å²) >= 11 is 5.94. The minimum absolute atomic E-state index is 0.297. The molecule has 9 heteroatoms. The number of amides is 1. The van der Waals surface area contributed by atoms with E-state index in [-0.39, 0.29) is 0 Å². The number of nitrogens with one attached hydrogen (secondary N) is 1. The summed E-state index contributed by atoms with van der Waals surface area (Å²) in [7, 11) is -3.69. The van der Waals surface area contributed by atoms with Gasteiger partial charge in [0.2, 0.25) is 10.0 Å². The summed E-state index contributed by atoms with van der Waals surface area (Å²) in [6.45, 7) is 2.07. The van der Waals surface area contributed by atoms with Gasteiger partial charge in [0, 0.05) is 5.02 Å². The second-order valence-corrected chi connectivity index (χ2v) is 9.73. The van der Waals surface area contributed by atoms with Gasteiger partial charge in [-0.05, 0) is 60.5 Å². The van der Waals surface area contributed by atoms with Gasteiger partial charge in [-0.25, -0.2) is 13.8 Å². The number of aryl methyl sites for hydroxylation is 1. The summed E-state index contributed by atoms with van der Waals surface area (Å²) in [5.74, 6) is 0.122. The van der Waals surface area contributed by atoms with Crippen LogP contribution >= 0.6 is 11.6 Å². The Balaban J connectivity index is 1.54. The van der Waals surface area contributed by atoms with Crippen molar-refractivity contribution in [3.8, 4) is 5.75 Å². The van der Waals surface area contributed by atoms with Crippen LogP contribution in [0.25, 0.3) is 0 Å². The van der Waals surface area contributed by atoms with Crippen molar-refractivity contribution in [2.45, 2.75) is 13.5 Å². The topological polar surface area (TPSA) is 88.1 Å². The van der Waals surface area contributed by atoms with Gasteiger partial charge >= 0.3 is 0 Å². The van der Waals surface area contributed by atoms with Crippen LogP contribution in [0.2, 0.25) is 5.02 Å². The molecule has 0 saturated heterocycles. The number of hydrazone groups is 1. The number of hydrogen-bond acceptors (Lipinski definition) is 5. The first-order valence-corrected chi connectivity index (χ1v) is 12.3. The molecule has 0 bridgehead atoms. The zero-order valence-corrected chi connectivity index (χ0v) is 19.8. The Morgan fingerprint density at radius 1 is 1.09 bits per heavy atom. The average molecular weight is 486 g/mol. The van der Waals surface area contributed by atoms with Crippen LogP contribution in [0.4, 0.5) is 5.69 Å². The lowest BCUT2D eigenvalue weighted by atomic mass is 10.2. The Morgan fingerprint density at radius 2 is 1.79 bits per heavy atom. The number of ether oxygens (including phenoxy) is 1. The highest BCUT2D eigenvalue weighted by Crippen LogP contribution is 2.21. The molecule has 0 saturated carbocycles. The van der Waals surface area contributed by atoms with E-state index in [1.165, 1.54) is 17.8 Å². The lowest BCUT2D eigenvalue weighted by molar-refractivity contribution is -0.119. The molecule has 33 heavy (non-hydrogen) atoms. The molecule has 172 valence electrons. The van der Waals surface area contributed by atoms with E-state index in [1.54, 1.807) is 30.3 Å². The lowest BCUT2D eigenvalue weighted by Gasteiger charge is -2.21. The van der Waals surface area contributed by atoms with Crippen LogP contribution in [0.1, 0.15) is 16.7 Å². The van der Waals surface area contributed by atoms with Crippen LogP contribution in [-0.2, 0) is 21.4 Å². The summed E-state index contributed by atoms with van der Waals surface area (Å²) in [5, 5.41) is 4.27. The molecule has 3 rings (SSSR count). The van der Waals surface area contributed by atoms with E-state index in [4.69, 9.17) is 16.3 Å². The van der Waals surface area contributed by atoms with Gasteiger partial charge in [-0.1, -0.05) is 47.5 Å². The molecule has 0 unspecified atom stereocenters. The normalized spacial score (nSPS) is 11.4. The quantitative estimate of drug-likeness (QED) is 0.364. The molecule has 1 amide bonds. The Kier molecular flexibility index (Phi) is 8.08. The molecule has 0 atom stereocenters. The average Bonchev–Trinajstić information content (AvgIpc) is 2.77. The van der Waals surface area contributed by atoms with Crippen LogP contribution in [0.5, 0.6) is 5.75 Å². The smallest absolute Gasteiger partial charge is 0.260 e. The van der Waals surface area contributed by atoms with Crippen molar-refractivity contribution in [1.29, 1.82) is 0 Å². The molecule has 0 fully saturated rings. The third-order valence-electron chi connectivity index (χ3n) is 4.59. The first kappa shape index (κ1) is 24.3. The Bertz CT molecular complexity index is 1230. The summed E-state index contributed by atoms with van der Waals surface area (Å²) in [5.41, 5.74) is 5.66. The molecular weight excluding hydrogens is 462 g/mol. The number of hydrogen-bond donors (Lipinski definition) is 1. The van der Waals surface area contributed by atoms with Crippen molar-refractivity contribution in [2.24, 2.45) is 5.10 Å². The minimum Gasteiger partial charge on any atom is -0.489 e. The first-order valence-electron chi connectivity index (χ1n) is 10.0. The number of carbonyl (C=O) groups is 1. The van der Waals surface area contributed by atoms with E-state index in [0.717, 1.165) is 21.7 Å². The molecule has 0 aliphatic rings. The van der Waals surface area contributed by atoms with Gasteiger partial charge in [-0.2, -0.15) is 5.10 Å². The predicted octanol–water partition coefficient (Wildman–Crippen LogP) is 4.14. The molecule has 0 spiro atoms. The highest BCUT2D eigenvalue weighted by atomic mass is 35.5. The van der Waals surface area contributed by atoms with Gasteiger partial charge < -0.3 is 4.74 Å². The van der Waals surface area contributed by atoms with Crippen LogP contribution in [0.3, 0.4) is 0 Å². The van der Waals surface area contributed by atoms with Gasteiger partial charge in [-0.3, -0.25) is 9.10 Å². The maximum atomic E-state index is 12.3. The van der Waals surface area contributed by atoms with Gasteiger partial charge in [0.05, 0.1) is 18.2 Å². The number of benzene rings is 3. The minimum atomic E-state index is -3.69. The Morgan fingerprint density at radius 3 is 2.42 bits per heavy atom. The largest absolute Gasteiger partial charge is 0.489 e. The third kappa shape index (κ3) is 7.62. The zero-order chi connectivity index (χ0) is 23.8. The van der Waals surface area contributed by atoms with Gasteiger partial charge in [0.25, 0.3) is 5.91 Å². The molecule has 0 heterocycles. The number of sulfonamides is 1. The summed E-state index contributed by atoms with van der Waals surface area (Å²) in [4.78, 5) is 12.3. The fraction of sp³-hybridized carbons (Fsp3) is 0.167. The fourth-order valence-electron chi connectivity index (χ4n) is 2.88. The van der Waals surface area contributed by atoms with E-state index in [2.05, 4.69) is 10.5 Å². The maximum Gasteiger partial charge on any atom is 0.260 e. The van der Waals surface area contributed by atoms with E-state index in [0.29, 0.717) is 23.1 Å². The zero-order valence-electron chi connectivity index (χ0n) is 18.2. The SMILES string of the molecule is Cc1ccc(COc2ccc(/C=N\NC(=O)CN(c3cccc(Cl)c3)S(C)(=O)=O)cc2)cc1. The standard InChI is InChI=1S/C24H24ClN3O4S/c1-18-6-8-20(9-7-18)17-32-23-12-10-19(11-13-23)15-26-27-24(29)16-28(33(2,30)31)22-5-3-4-21(25)14-22/h3-15H,16-17H2,1-2H3,(H,27,29)/b26-15-. The highest BCUT2D eigenvalue weighted by molar-refractivity contribution is 7.92. The summed E-state index contributed by atoms with van der Waals surface area (Å²) < 4.78 is 31.0. The molecular formula is C24H24ClN3O4S. The lowest BCUT2D eigenvalue weighted by Crippen LogP contribution is -2.39. The van der Waals surface area contributed by atoms with Crippen LogP contribution in [0.15, 0.2) is 77.9 Å². The van der Waals surface area contributed by atoms with E-state index in [1.807, 2.05) is 43.3 Å². The number of nitrogens with zero attached hydrogens (tertiary/aromatic N) is 2. The Hall–Kier alpha value is -3.36. The van der Waals surface area contributed by atoms with Crippen molar-refractivity contribution in [3.63, 3.8) is 0 Å². The van der Waals surface area contributed by atoms with Crippen LogP contribution in [0, 0.1) is 6.92 Å². The van der Waals surface area contributed by atoms with Crippen molar-refractivity contribution < 1.29 is 17.9 Å². The van der Waals surface area contributed by atoms with Crippen LogP contribution in [-0.4, -0.2) is 33.3 Å². The monoisotopic (exact) mass is 485 g/mol. The molecule has 0 aliphatic carbocycles. The van der Waals surface area contributed by atoms with E-state index >= 15 is 0 Å². The molecule has 1 N–H and O–H groups in total. The van der Waals surface area contributed by atoms with E-state index < -0.39 is 22.5 Å². The summed E-state index contributed by atoms with van der Waals surface area (Å²) in [6.07, 6.45) is 2.48. The molecule has 0 aliphatic heterocycles. The predicted molar refractivity (Wildman–Crippen MR) is 131 cm³/mol. The first-order chi connectivity index (χ1) is 15.7. The molecule has 7 nitrogen and oxygen atoms in total. The number of carbonyl (C=O) groups excluding carboxylic acids is 1. The Labute approximate surface area is 198 Å². The molecule has 0 aromatic heterocycles. The van der Waals surface area contributed by atoms with Crippen molar-refractivity contribution in [3.05, 3.63) is 94.5 Å². The van der Waals surface area contributed by atoms with Crippen molar-refractivity contribution >= 4 is 39.4 Å². The molecule has 3 aromatic rings. The van der Waals surface area contributed by atoms with Crippen molar-refractivity contribution in [2.75, 3.05) is 17.1 Å². The second-order valence-electron chi connectivity index (χ2n) is 7.39. The van der Waals surface area contributed by atoms with Gasteiger partial charge in [-0.15, -0.1) is 0 Å². The molecule has 3 aromatic carbocycles.